The minimum absolute atomic E-state index is 0.0370. The van der Waals surface area contributed by atoms with E-state index in [1.54, 1.807) is 12.1 Å². The molecule has 2 heterocycles. The van der Waals surface area contributed by atoms with Gasteiger partial charge in [-0.3, -0.25) is 0 Å². The third-order valence-electron chi connectivity index (χ3n) is 2.60. The predicted molar refractivity (Wildman–Crippen MR) is 78.0 cm³/mol. The second-order valence-corrected chi connectivity index (χ2v) is 5.07. The number of ether oxygens (including phenoxy) is 1. The summed E-state index contributed by atoms with van der Waals surface area (Å²) in [5.74, 6) is 0.374. The maximum atomic E-state index is 12.7. The quantitative estimate of drug-likeness (QED) is 0.848. The molecular formula is C12H11BrFN5O3. The Morgan fingerprint density at radius 2 is 2.27 bits per heavy atom. The van der Waals surface area contributed by atoms with E-state index in [4.69, 9.17) is 5.73 Å². The summed E-state index contributed by atoms with van der Waals surface area (Å²) in [6, 6.07) is 3.35. The minimum Gasteiger partial charge on any atom is -0.445 e. The number of halogens is 2. The van der Waals surface area contributed by atoms with Gasteiger partial charge in [0.15, 0.2) is 0 Å². The van der Waals surface area contributed by atoms with Crippen molar-refractivity contribution in [2.75, 3.05) is 6.61 Å². The molecular weight excluding hydrogens is 361 g/mol. The average molecular weight is 372 g/mol. The standard InChI is InChI=1S/C12H11BrFN5O3/c13-9-1-2-10(16-4-9)18-7-17-19(12(18)21)5-8(3-14)6-22-11(15)20/h1-4,7H,5-6H2,(H2,15,20)/b8-3+. The highest BCUT2D eigenvalue weighted by Crippen LogP contribution is 2.09. The van der Waals surface area contributed by atoms with E-state index < -0.39 is 11.8 Å². The molecule has 0 aliphatic heterocycles. The van der Waals surface area contributed by atoms with Crippen LogP contribution in [0.3, 0.4) is 0 Å². The molecule has 22 heavy (non-hydrogen) atoms. The molecule has 10 heteroatoms. The van der Waals surface area contributed by atoms with Crippen molar-refractivity contribution in [1.82, 2.24) is 19.3 Å². The first-order chi connectivity index (χ1) is 10.5. The van der Waals surface area contributed by atoms with Gasteiger partial charge in [-0.15, -0.1) is 0 Å². The van der Waals surface area contributed by atoms with Gasteiger partial charge in [0.05, 0.1) is 12.9 Å². The molecule has 0 radical (unpaired) electrons. The second kappa shape index (κ2) is 6.98. The Morgan fingerprint density at radius 1 is 1.50 bits per heavy atom. The first kappa shape index (κ1) is 15.9. The molecule has 0 atom stereocenters. The molecule has 0 fully saturated rings. The molecule has 116 valence electrons. The van der Waals surface area contributed by atoms with Crippen molar-refractivity contribution < 1.29 is 13.9 Å². The molecule has 0 aliphatic carbocycles. The van der Waals surface area contributed by atoms with Gasteiger partial charge in [0.25, 0.3) is 0 Å². The number of primary amides is 1. The van der Waals surface area contributed by atoms with Crippen molar-refractivity contribution >= 4 is 22.0 Å². The van der Waals surface area contributed by atoms with E-state index in [0.717, 1.165) is 9.15 Å². The summed E-state index contributed by atoms with van der Waals surface area (Å²) < 4.78 is 20.2. The fraction of sp³-hybridized carbons (Fsp3) is 0.167. The minimum atomic E-state index is -1.03. The second-order valence-electron chi connectivity index (χ2n) is 4.15. The van der Waals surface area contributed by atoms with E-state index in [0.29, 0.717) is 5.82 Å². The van der Waals surface area contributed by atoms with Crippen molar-refractivity contribution in [3.63, 3.8) is 0 Å². The van der Waals surface area contributed by atoms with Gasteiger partial charge in [0.1, 0.15) is 18.8 Å². The molecule has 0 saturated carbocycles. The predicted octanol–water partition coefficient (Wildman–Crippen LogP) is 1.14. The number of pyridine rings is 1. The third-order valence-corrected chi connectivity index (χ3v) is 3.07. The summed E-state index contributed by atoms with van der Waals surface area (Å²) in [6.45, 7) is -0.534. The van der Waals surface area contributed by atoms with Crippen molar-refractivity contribution in [1.29, 1.82) is 0 Å². The van der Waals surface area contributed by atoms with Gasteiger partial charge in [-0.1, -0.05) is 0 Å². The Bertz CT molecular complexity index is 753. The van der Waals surface area contributed by atoms with Crippen LogP contribution in [0.25, 0.3) is 5.82 Å². The Kier molecular flexibility index (Phi) is 5.04. The van der Waals surface area contributed by atoms with Crippen molar-refractivity contribution in [3.05, 3.63) is 51.5 Å². The zero-order chi connectivity index (χ0) is 16.1. The zero-order valence-electron chi connectivity index (χ0n) is 11.1. The number of aromatic nitrogens is 4. The molecule has 1 amide bonds. The number of carbonyl (C=O) groups is 1. The van der Waals surface area contributed by atoms with E-state index in [2.05, 4.69) is 30.7 Å². The molecule has 0 bridgehead atoms. The summed E-state index contributed by atoms with van der Waals surface area (Å²) in [7, 11) is 0. The molecule has 2 N–H and O–H groups in total. The van der Waals surface area contributed by atoms with Gasteiger partial charge < -0.3 is 10.5 Å². The van der Waals surface area contributed by atoms with E-state index in [1.807, 2.05) is 0 Å². The number of hydrogen-bond acceptors (Lipinski definition) is 5. The van der Waals surface area contributed by atoms with Gasteiger partial charge in [-0.25, -0.2) is 28.2 Å². The average Bonchev–Trinajstić information content (AvgIpc) is 2.85. The number of nitrogens with two attached hydrogens (primary N) is 1. The van der Waals surface area contributed by atoms with Crippen LogP contribution in [0.15, 0.2) is 45.8 Å². The fourth-order valence-electron chi connectivity index (χ4n) is 1.58. The van der Waals surface area contributed by atoms with Crippen LogP contribution in [0.5, 0.6) is 0 Å². The maximum absolute atomic E-state index is 12.7. The van der Waals surface area contributed by atoms with Gasteiger partial charge in [-0.2, -0.15) is 5.10 Å². The highest BCUT2D eigenvalue weighted by atomic mass is 79.9. The van der Waals surface area contributed by atoms with Crippen molar-refractivity contribution in [2.24, 2.45) is 5.73 Å². The first-order valence-corrected chi connectivity index (χ1v) is 6.77. The highest BCUT2D eigenvalue weighted by Gasteiger charge is 2.10. The maximum Gasteiger partial charge on any atom is 0.404 e. The number of amides is 1. The Hall–Kier alpha value is -2.49. The van der Waals surface area contributed by atoms with Crippen LogP contribution >= 0.6 is 15.9 Å². The number of carbonyl (C=O) groups excluding carboxylic acids is 1. The van der Waals surface area contributed by atoms with Crippen LogP contribution < -0.4 is 11.4 Å². The smallest absolute Gasteiger partial charge is 0.404 e. The number of rotatable bonds is 5. The van der Waals surface area contributed by atoms with Crippen molar-refractivity contribution in [3.8, 4) is 5.82 Å². The lowest BCUT2D eigenvalue weighted by Crippen LogP contribution is -2.26. The molecule has 0 aromatic carbocycles. The van der Waals surface area contributed by atoms with E-state index in [9.17, 15) is 14.0 Å². The molecule has 8 nitrogen and oxygen atoms in total. The topological polar surface area (TPSA) is 105 Å². The van der Waals surface area contributed by atoms with Gasteiger partial charge in [0.2, 0.25) is 0 Å². The van der Waals surface area contributed by atoms with Crippen molar-refractivity contribution in [2.45, 2.75) is 6.54 Å². The van der Waals surface area contributed by atoms with E-state index in [1.165, 1.54) is 17.1 Å². The molecule has 2 aromatic heterocycles. The summed E-state index contributed by atoms with van der Waals surface area (Å²) in [5.41, 5.74) is 4.33. The summed E-state index contributed by atoms with van der Waals surface area (Å²) in [6.07, 6.45) is 2.01. The monoisotopic (exact) mass is 371 g/mol. The van der Waals surface area contributed by atoms with Gasteiger partial charge in [-0.05, 0) is 28.1 Å². The molecule has 0 saturated heterocycles. The summed E-state index contributed by atoms with van der Waals surface area (Å²) in [4.78, 5) is 26.7. The molecule has 2 aromatic rings. The van der Waals surface area contributed by atoms with Gasteiger partial charge >= 0.3 is 11.8 Å². The Balaban J connectivity index is 2.19. The SMILES string of the molecule is NC(=O)OC/C(=C/F)Cn1ncn(-c2ccc(Br)cn2)c1=O. The zero-order valence-corrected chi connectivity index (χ0v) is 12.7. The first-order valence-electron chi connectivity index (χ1n) is 5.98. The van der Waals surface area contributed by atoms with Crippen LogP contribution in [0, 0.1) is 0 Å². The van der Waals surface area contributed by atoms with E-state index >= 15 is 0 Å². The summed E-state index contributed by atoms with van der Waals surface area (Å²) in [5, 5.41) is 3.87. The Labute approximate surface area is 132 Å². The van der Waals surface area contributed by atoms with Crippen LogP contribution in [-0.2, 0) is 11.3 Å². The van der Waals surface area contributed by atoms with Crippen LogP contribution in [0.1, 0.15) is 0 Å². The molecule has 0 aliphatic rings. The largest absolute Gasteiger partial charge is 0.445 e. The number of hydrogen-bond donors (Lipinski definition) is 1. The summed E-state index contributed by atoms with van der Waals surface area (Å²) >= 11 is 3.24. The lowest BCUT2D eigenvalue weighted by atomic mass is 10.3. The van der Waals surface area contributed by atoms with Crippen LogP contribution in [-0.4, -0.2) is 32.0 Å². The molecule has 2 rings (SSSR count). The Morgan fingerprint density at radius 3 is 2.86 bits per heavy atom. The normalized spacial score (nSPS) is 11.5. The van der Waals surface area contributed by atoms with Gasteiger partial charge in [0, 0.05) is 16.2 Å². The fourth-order valence-corrected chi connectivity index (χ4v) is 1.82. The molecule has 0 unspecified atom stereocenters. The molecule has 0 spiro atoms. The van der Waals surface area contributed by atoms with Crippen LogP contribution in [0.4, 0.5) is 9.18 Å². The number of nitrogens with zero attached hydrogens (tertiary/aromatic N) is 4. The highest BCUT2D eigenvalue weighted by molar-refractivity contribution is 9.10. The van der Waals surface area contributed by atoms with Crippen LogP contribution in [0.2, 0.25) is 0 Å². The van der Waals surface area contributed by atoms with E-state index in [-0.39, 0.29) is 25.1 Å². The third kappa shape index (κ3) is 3.79. The lowest BCUT2D eigenvalue weighted by Gasteiger charge is -2.05. The lowest BCUT2D eigenvalue weighted by molar-refractivity contribution is 0.164.